The van der Waals surface area contributed by atoms with Crippen molar-refractivity contribution in [3.8, 4) is 0 Å². The highest BCUT2D eigenvalue weighted by molar-refractivity contribution is 7.18. The first-order valence-corrected chi connectivity index (χ1v) is 11.3. The van der Waals surface area contributed by atoms with Gasteiger partial charge in [0.25, 0.3) is 5.56 Å². The summed E-state index contributed by atoms with van der Waals surface area (Å²) < 4.78 is 6.70. The summed E-state index contributed by atoms with van der Waals surface area (Å²) in [7, 11) is 0. The molecule has 1 amide bonds. The topological polar surface area (TPSA) is 90.3 Å². The first kappa shape index (κ1) is 20.1. The molecule has 0 aliphatic heterocycles. The van der Waals surface area contributed by atoms with Gasteiger partial charge >= 0.3 is 5.97 Å². The van der Waals surface area contributed by atoms with Gasteiger partial charge in [-0.05, 0) is 51.5 Å². The molecule has 1 fully saturated rings. The maximum absolute atomic E-state index is 13.4. The maximum atomic E-state index is 13.4. The molecule has 0 radical (unpaired) electrons. The number of amides is 1. The third-order valence-electron chi connectivity index (χ3n) is 5.95. The quantitative estimate of drug-likeness (QED) is 0.756. The van der Waals surface area contributed by atoms with E-state index in [4.69, 9.17) is 4.74 Å². The van der Waals surface area contributed by atoms with E-state index < -0.39 is 5.92 Å². The number of hydrogen-bond donors (Lipinski definition) is 1. The number of aromatic nitrogens is 2. The van der Waals surface area contributed by atoms with Gasteiger partial charge in [-0.2, -0.15) is 0 Å². The van der Waals surface area contributed by atoms with Crippen LogP contribution in [0.5, 0.6) is 0 Å². The molecule has 0 bridgehead atoms. The number of esters is 1. The predicted molar refractivity (Wildman–Crippen MR) is 111 cm³/mol. The molecule has 2 aromatic rings. The van der Waals surface area contributed by atoms with Gasteiger partial charge in [-0.3, -0.25) is 19.0 Å². The largest absolute Gasteiger partial charge is 0.466 e. The Hall–Kier alpha value is -2.22. The molecular formula is C21H27N3O4S. The summed E-state index contributed by atoms with van der Waals surface area (Å²) in [6, 6.07) is 0.206. The van der Waals surface area contributed by atoms with Crippen molar-refractivity contribution in [2.24, 2.45) is 0 Å². The van der Waals surface area contributed by atoms with Crippen LogP contribution in [0.2, 0.25) is 0 Å². The minimum atomic E-state index is -0.426. The van der Waals surface area contributed by atoms with Gasteiger partial charge in [0.05, 0.1) is 17.9 Å². The highest BCUT2D eigenvalue weighted by Gasteiger charge is 2.33. The van der Waals surface area contributed by atoms with Crippen molar-refractivity contribution in [3.63, 3.8) is 0 Å². The first-order valence-electron chi connectivity index (χ1n) is 10.5. The van der Waals surface area contributed by atoms with E-state index in [1.54, 1.807) is 13.8 Å². The van der Waals surface area contributed by atoms with Crippen molar-refractivity contribution in [3.05, 3.63) is 26.6 Å². The zero-order valence-corrected chi connectivity index (χ0v) is 17.8. The molecule has 2 aromatic heterocycles. The second-order valence-corrected chi connectivity index (χ2v) is 9.00. The second kappa shape index (κ2) is 8.26. The van der Waals surface area contributed by atoms with Gasteiger partial charge in [0, 0.05) is 10.9 Å². The summed E-state index contributed by atoms with van der Waals surface area (Å²) in [5.74, 6) is -0.339. The number of fused-ring (bicyclic) bond motifs is 3. The summed E-state index contributed by atoms with van der Waals surface area (Å²) >= 11 is 1.49. The molecule has 1 N–H and O–H groups in total. The lowest BCUT2D eigenvalue weighted by Gasteiger charge is -2.21. The van der Waals surface area contributed by atoms with Crippen molar-refractivity contribution in [2.75, 3.05) is 6.61 Å². The first-order chi connectivity index (χ1) is 14.0. The van der Waals surface area contributed by atoms with E-state index in [9.17, 15) is 14.4 Å². The SMILES string of the molecule is CCOC(=O)C1CCCc2sc3nc(C)n(CC(=O)NC4CCCC4)c(=O)c3c21. The molecule has 1 unspecified atom stereocenters. The van der Waals surface area contributed by atoms with Crippen molar-refractivity contribution in [1.82, 2.24) is 14.9 Å². The number of nitrogens with zero attached hydrogens (tertiary/aromatic N) is 2. The van der Waals surface area contributed by atoms with Crippen LogP contribution >= 0.6 is 11.3 Å². The zero-order valence-electron chi connectivity index (χ0n) is 17.0. The molecule has 1 saturated carbocycles. The number of carbonyl (C=O) groups excluding carboxylic acids is 2. The van der Waals surface area contributed by atoms with Crippen LogP contribution in [0.1, 0.15) is 67.6 Å². The third-order valence-corrected chi connectivity index (χ3v) is 7.11. The molecule has 1 atom stereocenters. The van der Waals surface area contributed by atoms with Crippen LogP contribution in [0.25, 0.3) is 10.2 Å². The van der Waals surface area contributed by atoms with Crippen LogP contribution in [-0.2, 0) is 27.3 Å². The van der Waals surface area contributed by atoms with Gasteiger partial charge in [-0.25, -0.2) is 4.98 Å². The average molecular weight is 418 g/mol. The molecular weight excluding hydrogens is 390 g/mol. The number of nitrogens with one attached hydrogen (secondary N) is 1. The molecule has 0 saturated heterocycles. The van der Waals surface area contributed by atoms with E-state index in [1.807, 2.05) is 0 Å². The molecule has 7 nitrogen and oxygen atoms in total. The molecule has 0 spiro atoms. The molecule has 29 heavy (non-hydrogen) atoms. The lowest BCUT2D eigenvalue weighted by molar-refractivity contribution is -0.145. The monoisotopic (exact) mass is 417 g/mol. The van der Waals surface area contributed by atoms with Gasteiger partial charge in [0.15, 0.2) is 0 Å². The van der Waals surface area contributed by atoms with Crippen LogP contribution in [0.15, 0.2) is 4.79 Å². The fourth-order valence-corrected chi connectivity index (χ4v) is 5.88. The van der Waals surface area contributed by atoms with Gasteiger partial charge < -0.3 is 10.1 Å². The summed E-state index contributed by atoms with van der Waals surface area (Å²) in [6.45, 7) is 3.81. The van der Waals surface area contributed by atoms with E-state index in [1.165, 1.54) is 15.9 Å². The Morgan fingerprint density at radius 2 is 2.00 bits per heavy atom. The highest BCUT2D eigenvalue weighted by atomic mass is 32.1. The Kier molecular flexibility index (Phi) is 5.72. The Morgan fingerprint density at radius 3 is 2.72 bits per heavy atom. The molecule has 2 aliphatic carbocycles. The summed E-state index contributed by atoms with van der Waals surface area (Å²) in [6.07, 6.45) is 6.66. The van der Waals surface area contributed by atoms with E-state index in [2.05, 4.69) is 10.3 Å². The van der Waals surface area contributed by atoms with E-state index in [0.29, 0.717) is 29.1 Å². The molecule has 4 rings (SSSR count). The third kappa shape index (κ3) is 3.82. The summed E-state index contributed by atoms with van der Waals surface area (Å²) in [5, 5.41) is 3.52. The van der Waals surface area contributed by atoms with Crippen molar-refractivity contribution in [2.45, 2.75) is 77.3 Å². The number of aryl methyl sites for hydroxylation is 2. The smallest absolute Gasteiger partial charge is 0.313 e. The van der Waals surface area contributed by atoms with Crippen molar-refractivity contribution in [1.29, 1.82) is 0 Å². The Balaban J connectivity index is 1.72. The minimum Gasteiger partial charge on any atom is -0.466 e. The van der Waals surface area contributed by atoms with Crippen molar-refractivity contribution >= 4 is 33.4 Å². The van der Waals surface area contributed by atoms with Crippen molar-refractivity contribution < 1.29 is 14.3 Å². The molecule has 0 aromatic carbocycles. The van der Waals surface area contributed by atoms with Gasteiger partial charge in [-0.1, -0.05) is 12.8 Å². The van der Waals surface area contributed by atoms with Crippen LogP contribution in [0.3, 0.4) is 0 Å². The minimum absolute atomic E-state index is 0.0429. The number of hydrogen-bond acceptors (Lipinski definition) is 6. The van der Waals surface area contributed by atoms with Gasteiger partial charge in [-0.15, -0.1) is 11.3 Å². The molecule has 156 valence electrons. The molecule has 2 aliphatic rings. The van der Waals surface area contributed by atoms with Crippen LogP contribution in [-0.4, -0.2) is 34.1 Å². The standard InChI is InChI=1S/C21H27N3O4S/c1-3-28-21(27)14-9-6-10-15-17(14)18-19(29-15)22-12(2)24(20(18)26)11-16(25)23-13-7-4-5-8-13/h13-14H,3-11H2,1-2H3,(H,23,25). The zero-order chi connectivity index (χ0) is 20.5. The maximum Gasteiger partial charge on any atom is 0.313 e. The number of ether oxygens (including phenoxy) is 1. The van der Waals surface area contributed by atoms with Gasteiger partial charge in [0.1, 0.15) is 17.2 Å². The lowest BCUT2D eigenvalue weighted by atomic mass is 9.86. The Labute approximate surface area is 173 Å². The molecule has 2 heterocycles. The van der Waals surface area contributed by atoms with E-state index >= 15 is 0 Å². The van der Waals surface area contributed by atoms with Gasteiger partial charge in [0.2, 0.25) is 5.91 Å². The normalized spacial score (nSPS) is 19.3. The number of thiophene rings is 1. The summed E-state index contributed by atoms with van der Waals surface area (Å²) in [4.78, 5) is 44.7. The highest BCUT2D eigenvalue weighted by Crippen LogP contribution is 2.41. The number of carbonyl (C=O) groups is 2. The lowest BCUT2D eigenvalue weighted by Crippen LogP contribution is -2.38. The Bertz CT molecular complexity index is 1000. The number of rotatable bonds is 5. The fourth-order valence-electron chi connectivity index (χ4n) is 4.57. The van der Waals surface area contributed by atoms with Crippen LogP contribution in [0.4, 0.5) is 0 Å². The summed E-state index contributed by atoms with van der Waals surface area (Å²) in [5.41, 5.74) is 0.542. The Morgan fingerprint density at radius 1 is 1.24 bits per heavy atom. The van der Waals surface area contributed by atoms with Crippen LogP contribution < -0.4 is 10.9 Å². The van der Waals surface area contributed by atoms with E-state index in [-0.39, 0.29) is 30.0 Å². The second-order valence-electron chi connectivity index (χ2n) is 7.92. The molecule has 8 heteroatoms. The van der Waals surface area contributed by atoms with Crippen LogP contribution in [0, 0.1) is 6.92 Å². The van der Waals surface area contributed by atoms with E-state index in [0.717, 1.165) is 49.0 Å². The average Bonchev–Trinajstić information content (AvgIpc) is 3.32. The fraction of sp³-hybridized carbons (Fsp3) is 0.619. The predicted octanol–water partition coefficient (Wildman–Crippen LogP) is 2.81.